The quantitative estimate of drug-likeness (QED) is 0.482. The monoisotopic (exact) mass is 645 g/mol. The average molecular weight is 646 g/mol. The van der Waals surface area contributed by atoms with E-state index >= 15 is 0 Å². The van der Waals surface area contributed by atoms with Gasteiger partial charge in [0.1, 0.15) is 13.2 Å². The van der Waals surface area contributed by atoms with Crippen molar-refractivity contribution >= 4 is 23.7 Å². The van der Waals surface area contributed by atoms with Crippen LogP contribution in [0.25, 0.3) is 0 Å². The molecule has 2 aromatic carbocycles. The van der Waals surface area contributed by atoms with Crippen LogP contribution in [0.2, 0.25) is 0 Å². The van der Waals surface area contributed by atoms with Crippen LogP contribution in [0.3, 0.4) is 0 Å². The first-order chi connectivity index (χ1) is 23.0. The Balaban J connectivity index is 0.987. The lowest BCUT2D eigenvalue weighted by Gasteiger charge is -2.39. The van der Waals surface area contributed by atoms with Gasteiger partial charge in [0, 0.05) is 50.9 Å². The van der Waals surface area contributed by atoms with E-state index in [1.54, 1.807) is 4.90 Å². The Bertz CT molecular complexity index is 1430. The summed E-state index contributed by atoms with van der Waals surface area (Å²) >= 11 is 0. The van der Waals surface area contributed by atoms with E-state index in [4.69, 9.17) is 14.2 Å². The predicted molar refractivity (Wildman–Crippen MR) is 177 cm³/mol. The van der Waals surface area contributed by atoms with Crippen LogP contribution in [-0.2, 0) is 22.4 Å². The minimum absolute atomic E-state index is 0.0322. The molecule has 0 spiro atoms. The Hall–Kier alpha value is -3.99. The van der Waals surface area contributed by atoms with Gasteiger partial charge in [-0.2, -0.15) is 0 Å². The number of benzene rings is 2. The Kier molecular flexibility index (Phi) is 9.69. The van der Waals surface area contributed by atoms with Crippen molar-refractivity contribution < 1.29 is 28.6 Å². The molecule has 0 bridgehead atoms. The number of nitrogens with zero attached hydrogens (tertiary/aromatic N) is 3. The number of hydrogen-bond acceptors (Lipinski definition) is 7. The summed E-state index contributed by atoms with van der Waals surface area (Å²) in [5.74, 6) is 2.56. The second kappa shape index (κ2) is 14.4. The van der Waals surface area contributed by atoms with E-state index in [0.717, 1.165) is 55.1 Å². The lowest BCUT2D eigenvalue weighted by Crippen LogP contribution is -2.52. The lowest BCUT2D eigenvalue weighted by atomic mass is 9.79. The van der Waals surface area contributed by atoms with Crippen LogP contribution in [-0.4, -0.2) is 104 Å². The summed E-state index contributed by atoms with van der Waals surface area (Å²) in [6.45, 7) is 6.08. The molecule has 11 heteroatoms. The van der Waals surface area contributed by atoms with Crippen molar-refractivity contribution in [3.63, 3.8) is 0 Å². The molecule has 5 heterocycles. The standard InChI is InChI=1S/C36H47N5O6/c42-34(39-16-9-27(10-17-39)26-7-14-37-15-8-26)33(24-25-5-6-31-32(23-25)46-22-21-45-31)47-36(44)40-18-12-29(13-19-40)41-20-11-28-3-1-2-4-30(28)38-35(41)43/h1-6,23,26-27,29,33,37H,7-22,24H2,(H,38,43)/t33-/m1/s1. The molecule has 0 aliphatic carbocycles. The Morgan fingerprint density at radius 2 is 1.53 bits per heavy atom. The normalized spacial score (nSPS) is 21.8. The van der Waals surface area contributed by atoms with Gasteiger partial charge in [-0.25, -0.2) is 9.59 Å². The van der Waals surface area contributed by atoms with Gasteiger partial charge in [-0.1, -0.05) is 24.3 Å². The Morgan fingerprint density at radius 3 is 2.32 bits per heavy atom. The third kappa shape index (κ3) is 7.30. The van der Waals surface area contributed by atoms with Gasteiger partial charge in [0.2, 0.25) is 0 Å². The number of anilines is 1. The van der Waals surface area contributed by atoms with Crippen molar-refractivity contribution in [2.24, 2.45) is 11.8 Å². The molecule has 0 radical (unpaired) electrons. The van der Waals surface area contributed by atoms with Crippen molar-refractivity contribution in [1.29, 1.82) is 0 Å². The SMILES string of the molecule is O=C(O[C@H](Cc1ccc2c(c1)OCCO2)C(=O)N1CCC(C2CCNCC2)CC1)N1CCC(N2CCc3ccccc3NC2=O)CC1. The summed E-state index contributed by atoms with van der Waals surface area (Å²) in [4.78, 5) is 46.2. The molecule has 2 aromatic rings. The predicted octanol–water partition coefficient (Wildman–Crippen LogP) is 4.30. The number of fused-ring (bicyclic) bond motifs is 2. The first-order valence-electron chi connectivity index (χ1n) is 17.5. The zero-order valence-electron chi connectivity index (χ0n) is 27.2. The fourth-order valence-corrected chi connectivity index (χ4v) is 8.01. The highest BCUT2D eigenvalue weighted by Crippen LogP contribution is 2.33. The minimum atomic E-state index is -0.937. The molecule has 5 aliphatic heterocycles. The van der Waals surface area contributed by atoms with E-state index in [-0.39, 0.29) is 24.4 Å². The first kappa shape index (κ1) is 31.6. The van der Waals surface area contributed by atoms with Crippen molar-refractivity contribution in [3.05, 3.63) is 53.6 Å². The number of likely N-dealkylation sites (tertiary alicyclic amines) is 2. The molecule has 0 unspecified atom stereocenters. The van der Waals surface area contributed by atoms with Crippen LogP contribution in [0.5, 0.6) is 11.5 Å². The summed E-state index contributed by atoms with van der Waals surface area (Å²) in [7, 11) is 0. The summed E-state index contributed by atoms with van der Waals surface area (Å²) in [5, 5.41) is 6.51. The maximum atomic E-state index is 14.0. The number of rotatable bonds is 6. The fraction of sp³-hybridized carbons (Fsp3) is 0.583. The zero-order valence-corrected chi connectivity index (χ0v) is 27.2. The number of amides is 4. The molecule has 0 saturated carbocycles. The van der Waals surface area contributed by atoms with Crippen LogP contribution in [0.15, 0.2) is 42.5 Å². The maximum absolute atomic E-state index is 14.0. The number of piperidine rings is 3. The lowest BCUT2D eigenvalue weighted by molar-refractivity contribution is -0.142. The zero-order chi connectivity index (χ0) is 32.2. The van der Waals surface area contributed by atoms with E-state index in [1.165, 1.54) is 12.8 Å². The maximum Gasteiger partial charge on any atom is 0.410 e. The van der Waals surface area contributed by atoms with E-state index in [0.29, 0.717) is 76.2 Å². The average Bonchev–Trinajstić information content (AvgIpc) is 3.29. The highest BCUT2D eigenvalue weighted by Gasteiger charge is 2.36. The van der Waals surface area contributed by atoms with Crippen LogP contribution in [0, 0.1) is 11.8 Å². The molecule has 0 aromatic heterocycles. The smallest absolute Gasteiger partial charge is 0.410 e. The number of urea groups is 1. The fourth-order valence-electron chi connectivity index (χ4n) is 8.01. The van der Waals surface area contributed by atoms with Crippen molar-refractivity contribution in [3.8, 4) is 11.5 Å². The molecule has 11 nitrogen and oxygen atoms in total. The van der Waals surface area contributed by atoms with Crippen LogP contribution in [0.4, 0.5) is 15.3 Å². The molecule has 5 aliphatic rings. The van der Waals surface area contributed by atoms with Gasteiger partial charge in [0.05, 0.1) is 0 Å². The highest BCUT2D eigenvalue weighted by molar-refractivity contribution is 5.91. The molecule has 7 rings (SSSR count). The molecule has 1 atom stereocenters. The van der Waals surface area contributed by atoms with E-state index in [2.05, 4.69) is 16.7 Å². The van der Waals surface area contributed by atoms with Gasteiger partial charge in [0.15, 0.2) is 17.6 Å². The van der Waals surface area contributed by atoms with Crippen molar-refractivity contribution in [1.82, 2.24) is 20.0 Å². The largest absolute Gasteiger partial charge is 0.486 e. The molecule has 3 saturated heterocycles. The number of hydrogen-bond donors (Lipinski definition) is 2. The summed E-state index contributed by atoms with van der Waals surface area (Å²) < 4.78 is 17.6. The minimum Gasteiger partial charge on any atom is -0.486 e. The van der Waals surface area contributed by atoms with Crippen LogP contribution < -0.4 is 20.1 Å². The van der Waals surface area contributed by atoms with Gasteiger partial charge in [-0.15, -0.1) is 0 Å². The van der Waals surface area contributed by atoms with Gasteiger partial charge in [-0.3, -0.25) is 4.79 Å². The molecular formula is C36H47N5O6. The second-order valence-corrected chi connectivity index (χ2v) is 13.6. The van der Waals surface area contributed by atoms with Gasteiger partial charge in [-0.05, 0) is 99.2 Å². The van der Waals surface area contributed by atoms with E-state index < -0.39 is 12.2 Å². The number of carbonyl (C=O) groups is 3. The molecule has 2 N–H and O–H groups in total. The van der Waals surface area contributed by atoms with Gasteiger partial charge in [0.25, 0.3) is 5.91 Å². The molecule has 252 valence electrons. The van der Waals surface area contributed by atoms with E-state index in [9.17, 15) is 14.4 Å². The summed E-state index contributed by atoms with van der Waals surface area (Å²) in [5.41, 5.74) is 2.86. The topological polar surface area (TPSA) is 113 Å². The molecular weight excluding hydrogens is 598 g/mol. The van der Waals surface area contributed by atoms with Crippen LogP contribution in [0.1, 0.15) is 49.7 Å². The Morgan fingerprint density at radius 1 is 0.830 bits per heavy atom. The third-order valence-corrected chi connectivity index (χ3v) is 10.8. The van der Waals surface area contributed by atoms with E-state index in [1.807, 2.05) is 46.2 Å². The molecule has 4 amide bonds. The summed E-state index contributed by atoms with van der Waals surface area (Å²) in [6, 6.07) is 13.5. The summed E-state index contributed by atoms with van der Waals surface area (Å²) in [6.07, 6.45) is 5.34. The van der Waals surface area contributed by atoms with Gasteiger partial charge < -0.3 is 39.5 Å². The van der Waals surface area contributed by atoms with Gasteiger partial charge >= 0.3 is 12.1 Å². The number of carbonyl (C=O) groups excluding carboxylic acids is 3. The van der Waals surface area contributed by atoms with Crippen molar-refractivity contribution in [2.45, 2.75) is 63.5 Å². The third-order valence-electron chi connectivity index (χ3n) is 10.8. The van der Waals surface area contributed by atoms with Crippen LogP contribution >= 0.6 is 0 Å². The number of para-hydroxylation sites is 1. The molecule has 3 fully saturated rings. The first-order valence-corrected chi connectivity index (χ1v) is 17.5. The second-order valence-electron chi connectivity index (χ2n) is 13.6. The Labute approximate surface area is 276 Å². The van der Waals surface area contributed by atoms with Crippen molar-refractivity contribution in [2.75, 3.05) is 64.3 Å². The number of ether oxygens (including phenoxy) is 3. The number of nitrogens with one attached hydrogen (secondary N) is 2. The molecule has 47 heavy (non-hydrogen) atoms. The highest BCUT2D eigenvalue weighted by atomic mass is 16.6.